The number of benzene rings is 3. The molecule has 3 aromatic carbocycles. The summed E-state index contributed by atoms with van der Waals surface area (Å²) >= 11 is 0. The van der Waals surface area contributed by atoms with Crippen LogP contribution in [-0.4, -0.2) is 13.1 Å². The molecule has 3 aromatic rings. The molecule has 1 aliphatic rings. The molecule has 4 heteroatoms. The monoisotopic (exact) mass is 381 g/mol. The van der Waals surface area contributed by atoms with Crippen molar-refractivity contribution in [1.29, 1.82) is 0 Å². The van der Waals surface area contributed by atoms with Crippen molar-refractivity contribution in [2.75, 3.05) is 13.1 Å². The van der Waals surface area contributed by atoms with Crippen LogP contribution in [-0.2, 0) is 19.0 Å². The summed E-state index contributed by atoms with van der Waals surface area (Å²) in [7, 11) is 0. The third-order valence-corrected chi connectivity index (χ3v) is 5.35. The standard InChI is InChI=1S/C24H22F3N/c25-24(26,27)23-16-22(19-11-13-28-14-12-19)10-9-20(23)8-6-17-5-7-18-3-1-2-4-21(18)15-17/h1-5,7,9-11,15-16,28H,6,8,12-14H2. The summed E-state index contributed by atoms with van der Waals surface area (Å²) in [5.74, 6) is 0. The van der Waals surface area contributed by atoms with E-state index in [2.05, 4.69) is 11.4 Å². The number of hydrogen-bond acceptors (Lipinski definition) is 1. The molecule has 4 rings (SSSR count). The Bertz CT molecular complexity index is 1020. The molecule has 0 bridgehead atoms. The van der Waals surface area contributed by atoms with Crippen molar-refractivity contribution >= 4 is 16.3 Å². The van der Waals surface area contributed by atoms with Gasteiger partial charge in [0.25, 0.3) is 0 Å². The highest BCUT2D eigenvalue weighted by molar-refractivity contribution is 5.83. The number of aryl methyl sites for hydroxylation is 2. The summed E-state index contributed by atoms with van der Waals surface area (Å²) in [5.41, 5.74) is 2.58. The van der Waals surface area contributed by atoms with Crippen LogP contribution in [0.3, 0.4) is 0 Å². The van der Waals surface area contributed by atoms with Gasteiger partial charge in [-0.25, -0.2) is 0 Å². The summed E-state index contributed by atoms with van der Waals surface area (Å²) in [6.07, 6.45) is -0.655. The lowest BCUT2D eigenvalue weighted by Crippen LogP contribution is -2.20. The summed E-state index contributed by atoms with van der Waals surface area (Å²) in [4.78, 5) is 0. The van der Waals surface area contributed by atoms with Crippen LogP contribution in [0, 0.1) is 0 Å². The van der Waals surface area contributed by atoms with Crippen LogP contribution >= 0.6 is 0 Å². The predicted octanol–water partition coefficient (Wildman–Crippen LogP) is 6.02. The number of halogens is 3. The number of hydrogen-bond donors (Lipinski definition) is 1. The fourth-order valence-electron chi connectivity index (χ4n) is 3.82. The Morgan fingerprint density at radius 2 is 1.68 bits per heavy atom. The van der Waals surface area contributed by atoms with Crippen LogP contribution in [0.2, 0.25) is 0 Å². The maximum atomic E-state index is 13.7. The zero-order chi connectivity index (χ0) is 19.6. The van der Waals surface area contributed by atoms with Crippen LogP contribution < -0.4 is 5.32 Å². The molecule has 1 aliphatic heterocycles. The average Bonchev–Trinajstić information content (AvgIpc) is 2.72. The first kappa shape index (κ1) is 18.8. The summed E-state index contributed by atoms with van der Waals surface area (Å²) in [6.45, 7) is 1.51. The quantitative estimate of drug-likeness (QED) is 0.583. The molecular weight excluding hydrogens is 359 g/mol. The van der Waals surface area contributed by atoms with E-state index in [9.17, 15) is 13.2 Å². The van der Waals surface area contributed by atoms with Crippen molar-refractivity contribution in [1.82, 2.24) is 5.32 Å². The van der Waals surface area contributed by atoms with Crippen LogP contribution in [0.25, 0.3) is 16.3 Å². The Labute approximate surface area is 162 Å². The van der Waals surface area contributed by atoms with Crippen molar-refractivity contribution < 1.29 is 13.2 Å². The molecule has 0 spiro atoms. The molecule has 0 amide bonds. The summed E-state index contributed by atoms with van der Waals surface area (Å²) in [6, 6.07) is 18.9. The van der Waals surface area contributed by atoms with E-state index < -0.39 is 11.7 Å². The summed E-state index contributed by atoms with van der Waals surface area (Å²) in [5, 5.41) is 5.45. The molecule has 1 N–H and O–H groups in total. The third kappa shape index (κ3) is 4.12. The van der Waals surface area contributed by atoms with Gasteiger partial charge in [0.2, 0.25) is 0 Å². The van der Waals surface area contributed by atoms with Gasteiger partial charge in [0.05, 0.1) is 5.56 Å². The van der Waals surface area contributed by atoms with Gasteiger partial charge in [-0.2, -0.15) is 13.2 Å². The van der Waals surface area contributed by atoms with Crippen LogP contribution in [0.15, 0.2) is 66.7 Å². The number of fused-ring (bicyclic) bond motifs is 1. The van der Waals surface area contributed by atoms with Gasteiger partial charge in [0.15, 0.2) is 0 Å². The number of alkyl halides is 3. The van der Waals surface area contributed by atoms with Gasteiger partial charge < -0.3 is 5.32 Å². The Hall–Kier alpha value is -2.59. The molecule has 0 atom stereocenters. The van der Waals surface area contributed by atoms with E-state index >= 15 is 0 Å². The highest BCUT2D eigenvalue weighted by Gasteiger charge is 2.33. The molecule has 0 aliphatic carbocycles. The lowest BCUT2D eigenvalue weighted by molar-refractivity contribution is -0.138. The first-order chi connectivity index (χ1) is 13.5. The second kappa shape index (κ2) is 7.80. The normalized spacial score (nSPS) is 14.9. The maximum absolute atomic E-state index is 13.7. The van der Waals surface area contributed by atoms with Gasteiger partial charge in [-0.3, -0.25) is 0 Å². The molecule has 0 saturated heterocycles. The molecule has 0 saturated carbocycles. The predicted molar refractivity (Wildman–Crippen MR) is 108 cm³/mol. The minimum absolute atomic E-state index is 0.360. The summed E-state index contributed by atoms with van der Waals surface area (Å²) < 4.78 is 41.1. The minimum atomic E-state index is -4.35. The first-order valence-corrected chi connectivity index (χ1v) is 9.59. The van der Waals surface area contributed by atoms with E-state index in [4.69, 9.17) is 0 Å². The van der Waals surface area contributed by atoms with E-state index in [0.29, 0.717) is 30.5 Å². The number of rotatable bonds is 4. The molecule has 0 unspecified atom stereocenters. The van der Waals surface area contributed by atoms with E-state index in [-0.39, 0.29) is 0 Å². The van der Waals surface area contributed by atoms with Gasteiger partial charge in [0, 0.05) is 6.54 Å². The minimum Gasteiger partial charge on any atom is -0.313 e. The van der Waals surface area contributed by atoms with Crippen LogP contribution in [0.4, 0.5) is 13.2 Å². The zero-order valence-corrected chi connectivity index (χ0v) is 15.5. The van der Waals surface area contributed by atoms with Crippen molar-refractivity contribution in [3.8, 4) is 0 Å². The highest BCUT2D eigenvalue weighted by atomic mass is 19.4. The van der Waals surface area contributed by atoms with Crippen molar-refractivity contribution in [3.05, 3.63) is 89.0 Å². The van der Waals surface area contributed by atoms with E-state index in [1.807, 2.05) is 48.5 Å². The SMILES string of the molecule is FC(F)(F)c1cc(C2=CCNCC2)ccc1CCc1ccc2ccccc2c1. The molecule has 144 valence electrons. The fourth-order valence-corrected chi connectivity index (χ4v) is 3.82. The second-order valence-electron chi connectivity index (χ2n) is 7.23. The van der Waals surface area contributed by atoms with E-state index in [1.165, 1.54) is 6.07 Å². The van der Waals surface area contributed by atoms with Crippen LogP contribution in [0.5, 0.6) is 0 Å². The molecular formula is C24H22F3N. The second-order valence-corrected chi connectivity index (χ2v) is 7.23. The highest BCUT2D eigenvalue weighted by Crippen LogP contribution is 2.35. The lowest BCUT2D eigenvalue weighted by atomic mass is 9.93. The van der Waals surface area contributed by atoms with Gasteiger partial charge in [-0.15, -0.1) is 0 Å². The maximum Gasteiger partial charge on any atom is 0.416 e. The largest absolute Gasteiger partial charge is 0.416 e. The van der Waals surface area contributed by atoms with Gasteiger partial charge in [0.1, 0.15) is 0 Å². The molecule has 28 heavy (non-hydrogen) atoms. The van der Waals surface area contributed by atoms with E-state index in [1.54, 1.807) is 6.07 Å². The molecule has 0 aromatic heterocycles. The molecule has 0 radical (unpaired) electrons. The smallest absolute Gasteiger partial charge is 0.313 e. The van der Waals surface area contributed by atoms with Crippen molar-refractivity contribution in [2.45, 2.75) is 25.4 Å². The Kier molecular flexibility index (Phi) is 5.23. The first-order valence-electron chi connectivity index (χ1n) is 9.59. The zero-order valence-electron chi connectivity index (χ0n) is 15.5. The fraction of sp³-hybridized carbons (Fsp3) is 0.250. The van der Waals surface area contributed by atoms with Crippen LogP contribution in [0.1, 0.15) is 28.7 Å². The van der Waals surface area contributed by atoms with Gasteiger partial charge >= 0.3 is 6.18 Å². The van der Waals surface area contributed by atoms with Gasteiger partial charge in [-0.1, -0.05) is 60.7 Å². The van der Waals surface area contributed by atoms with Gasteiger partial charge in [-0.05, 0) is 64.9 Å². The molecule has 0 fully saturated rings. The molecule has 1 heterocycles. The Balaban J connectivity index is 1.59. The van der Waals surface area contributed by atoms with E-state index in [0.717, 1.165) is 34.9 Å². The number of nitrogens with one attached hydrogen (secondary N) is 1. The van der Waals surface area contributed by atoms with Crippen molar-refractivity contribution in [2.24, 2.45) is 0 Å². The molecule has 1 nitrogen and oxygen atoms in total. The topological polar surface area (TPSA) is 12.0 Å². The van der Waals surface area contributed by atoms with Crippen molar-refractivity contribution in [3.63, 3.8) is 0 Å². The Morgan fingerprint density at radius 3 is 2.43 bits per heavy atom. The average molecular weight is 381 g/mol. The Morgan fingerprint density at radius 1 is 0.857 bits per heavy atom. The third-order valence-electron chi connectivity index (χ3n) is 5.35. The lowest BCUT2D eigenvalue weighted by Gasteiger charge is -2.18.